The number of thiol groups is 2. The second-order valence-corrected chi connectivity index (χ2v) is 19.1. The molecule has 76 heavy (non-hydrogen) atoms. The molecule has 0 spiro atoms. The predicted octanol–water partition coefficient (Wildman–Crippen LogP) is 0.0141. The van der Waals surface area contributed by atoms with Gasteiger partial charge in [-0.05, 0) is 61.1 Å². The van der Waals surface area contributed by atoms with Gasteiger partial charge in [0.15, 0.2) is 0 Å². The second kappa shape index (κ2) is 30.3. The Bertz CT molecular complexity index is 2720. The van der Waals surface area contributed by atoms with Crippen LogP contribution in [0.15, 0.2) is 121 Å². The van der Waals surface area contributed by atoms with Crippen molar-refractivity contribution < 1.29 is 43.5 Å². The molecule has 406 valence electrons. The number of aliphatic hydroxyl groups is 1. The maximum atomic E-state index is 14.8. The van der Waals surface area contributed by atoms with E-state index >= 15 is 0 Å². The van der Waals surface area contributed by atoms with Gasteiger partial charge >= 0.3 is 0 Å². The first kappa shape index (κ1) is 59.6. The molecule has 15 N–H and O–H groups in total. The number of hydrogen-bond acceptors (Lipinski definition) is 13. The zero-order valence-electron chi connectivity index (χ0n) is 42.2. The van der Waals surface area contributed by atoms with Crippen LogP contribution in [0, 0.1) is 0 Å². The lowest BCUT2D eigenvalue weighted by Gasteiger charge is -2.29. The fourth-order valence-corrected chi connectivity index (χ4v) is 8.68. The topological polar surface area (TPSA) is 335 Å². The molecule has 0 aliphatic heterocycles. The number of nitrogens with one attached hydrogen (secondary N) is 8. The normalized spacial score (nSPS) is 14.7. The number of para-hydroxylation sites is 1. The van der Waals surface area contributed by atoms with E-state index in [0.717, 1.165) is 10.9 Å². The summed E-state index contributed by atoms with van der Waals surface area (Å²) in [7, 11) is 0. The number of fused-ring (bicyclic) bond motifs is 1. The lowest BCUT2D eigenvalue weighted by molar-refractivity contribution is -0.137. The molecule has 0 bridgehead atoms. The summed E-state index contributed by atoms with van der Waals surface area (Å²) in [5, 5.41) is 30.5. The molecule has 5 rings (SSSR count). The van der Waals surface area contributed by atoms with Crippen LogP contribution >= 0.6 is 25.3 Å². The Labute approximate surface area is 452 Å². The number of aromatic amines is 1. The van der Waals surface area contributed by atoms with Gasteiger partial charge in [0.2, 0.25) is 47.3 Å². The van der Waals surface area contributed by atoms with E-state index in [-0.39, 0.29) is 50.2 Å². The summed E-state index contributed by atoms with van der Waals surface area (Å²) in [5.74, 6) is -6.50. The van der Waals surface area contributed by atoms with Crippen molar-refractivity contribution in [2.45, 2.75) is 106 Å². The van der Waals surface area contributed by atoms with E-state index in [2.05, 4.69) is 67.5 Å². The molecule has 0 unspecified atom stereocenters. The first-order valence-corrected chi connectivity index (χ1v) is 26.2. The lowest BCUT2D eigenvalue weighted by atomic mass is 10.00. The largest absolute Gasteiger partial charge is 0.391 e. The Morgan fingerprint density at radius 2 is 0.921 bits per heavy atom. The first-order chi connectivity index (χ1) is 36.5. The van der Waals surface area contributed by atoms with Crippen molar-refractivity contribution in [1.29, 1.82) is 0 Å². The van der Waals surface area contributed by atoms with Gasteiger partial charge in [0.05, 0.1) is 12.1 Å². The molecular weight excluding hydrogens is 1010 g/mol. The number of H-pyrrole nitrogens is 1. The molecule has 5 aromatic rings. The van der Waals surface area contributed by atoms with Gasteiger partial charge in [-0.2, -0.15) is 25.3 Å². The number of amides is 8. The standard InChI is InChI=1S/C54H69N11O9S2/c1-32(66)46(54(74)63-43(27-35-19-9-4-10-20-35)52(72)64-45(31-76)47(57)67)65-49(69)40(23-13-14-24-55)59-53(73)44(28-36-29-58-39-22-12-11-21-37(36)39)62-51(71)42(26-34-17-7-3-8-18-34)61-50(70)41(60-48(68)38(56)30-75)25-33-15-5-2-6-16-33/h2-12,15-22,29,32,38,40-46,58,66,75-76H,13-14,23-28,30-31,55-56H2,1H3,(H2,57,67)(H,59,73)(H,60,68)(H,61,70)(H,62,71)(H,63,74)(H,64,72)(H,65,69)/t32-,38+,40+,41+,42+,43+,44-,45+,46+/m1/s1. The van der Waals surface area contributed by atoms with Crippen LogP contribution in [-0.2, 0) is 64.0 Å². The molecule has 0 saturated carbocycles. The molecule has 1 heterocycles. The van der Waals surface area contributed by atoms with E-state index in [1.165, 1.54) is 6.92 Å². The maximum absolute atomic E-state index is 14.8. The third-order valence-electron chi connectivity index (χ3n) is 12.5. The Morgan fingerprint density at radius 3 is 1.37 bits per heavy atom. The number of unbranched alkanes of at least 4 members (excludes halogenated alkanes) is 1. The zero-order valence-corrected chi connectivity index (χ0v) is 43.9. The summed E-state index contributed by atoms with van der Waals surface area (Å²) in [5.41, 5.74) is 20.7. The van der Waals surface area contributed by atoms with Crippen LogP contribution in [0.1, 0.15) is 48.4 Å². The third-order valence-corrected chi connectivity index (χ3v) is 13.3. The van der Waals surface area contributed by atoms with Crippen LogP contribution in [0.4, 0.5) is 0 Å². The maximum Gasteiger partial charge on any atom is 0.245 e. The number of primary amides is 1. The average Bonchev–Trinajstić information content (AvgIpc) is 3.83. The predicted molar refractivity (Wildman–Crippen MR) is 295 cm³/mol. The molecule has 0 aliphatic rings. The van der Waals surface area contributed by atoms with Crippen LogP contribution < -0.4 is 54.4 Å². The minimum atomic E-state index is -1.67. The van der Waals surface area contributed by atoms with Crippen molar-refractivity contribution in [2.75, 3.05) is 18.1 Å². The minimum Gasteiger partial charge on any atom is -0.391 e. The molecule has 1 aromatic heterocycles. The van der Waals surface area contributed by atoms with Gasteiger partial charge in [0.25, 0.3) is 0 Å². The molecule has 0 fully saturated rings. The Balaban J connectivity index is 1.44. The van der Waals surface area contributed by atoms with Crippen molar-refractivity contribution in [1.82, 2.24) is 42.2 Å². The van der Waals surface area contributed by atoms with Gasteiger partial charge in [-0.3, -0.25) is 38.4 Å². The number of aliphatic hydroxyl groups excluding tert-OH is 1. The van der Waals surface area contributed by atoms with Gasteiger partial charge in [-0.15, -0.1) is 0 Å². The molecule has 20 nitrogen and oxygen atoms in total. The summed E-state index contributed by atoms with van der Waals surface area (Å²) in [6.45, 7) is 1.51. The highest BCUT2D eigenvalue weighted by Gasteiger charge is 2.36. The first-order valence-electron chi connectivity index (χ1n) is 25.0. The van der Waals surface area contributed by atoms with E-state index < -0.39 is 102 Å². The number of carbonyl (C=O) groups is 8. The number of carbonyl (C=O) groups excluding carboxylic acids is 8. The smallest absolute Gasteiger partial charge is 0.245 e. The molecule has 8 amide bonds. The zero-order chi connectivity index (χ0) is 55.1. The van der Waals surface area contributed by atoms with Crippen LogP contribution in [0.3, 0.4) is 0 Å². The highest BCUT2D eigenvalue weighted by molar-refractivity contribution is 7.80. The summed E-state index contributed by atoms with van der Waals surface area (Å²) in [6, 6.07) is 23.4. The average molecular weight is 1080 g/mol. The van der Waals surface area contributed by atoms with Crippen LogP contribution in [0.5, 0.6) is 0 Å². The number of hydrogen-bond donors (Lipinski definition) is 14. The molecule has 9 atom stereocenters. The highest BCUT2D eigenvalue weighted by atomic mass is 32.1. The van der Waals surface area contributed by atoms with E-state index in [1.807, 2.05) is 24.3 Å². The van der Waals surface area contributed by atoms with E-state index in [1.54, 1.807) is 97.2 Å². The molecule has 22 heteroatoms. The fraction of sp³-hybridized carbons (Fsp3) is 0.370. The van der Waals surface area contributed by atoms with Crippen LogP contribution in [0.2, 0.25) is 0 Å². The summed E-state index contributed by atoms with van der Waals surface area (Å²) in [6.07, 6.45) is 0.791. The lowest BCUT2D eigenvalue weighted by Crippen LogP contribution is -2.62. The van der Waals surface area contributed by atoms with Gasteiger partial charge in [0, 0.05) is 54.3 Å². The van der Waals surface area contributed by atoms with Crippen molar-refractivity contribution in [3.05, 3.63) is 144 Å². The Morgan fingerprint density at radius 1 is 0.513 bits per heavy atom. The van der Waals surface area contributed by atoms with E-state index in [9.17, 15) is 43.5 Å². The summed E-state index contributed by atoms with van der Waals surface area (Å²) >= 11 is 8.25. The molecule has 4 aromatic carbocycles. The quantitative estimate of drug-likeness (QED) is 0.0215. The summed E-state index contributed by atoms with van der Waals surface area (Å²) < 4.78 is 0. The molecular formula is C54H69N11O9S2. The van der Waals surface area contributed by atoms with Crippen molar-refractivity contribution >= 4 is 83.4 Å². The van der Waals surface area contributed by atoms with E-state index in [0.29, 0.717) is 35.1 Å². The van der Waals surface area contributed by atoms with Gasteiger partial charge in [-0.25, -0.2) is 0 Å². The number of benzene rings is 4. The molecule has 0 saturated heterocycles. The SMILES string of the molecule is C[C@@H](O)[C@H](NC(=O)[C@H](CCCCN)NC(=O)[C@@H](Cc1c[nH]c2ccccc12)NC(=O)[C@H](Cc1ccccc1)NC(=O)[C@H](Cc1ccccc1)NC(=O)[C@@H](N)CS)C(=O)N[C@@H](Cc1ccccc1)C(=O)N[C@@H](CS)C(N)=O. The number of nitrogens with two attached hydrogens (primary N) is 3. The monoisotopic (exact) mass is 1080 g/mol. The van der Waals surface area contributed by atoms with Gasteiger partial charge in [-0.1, -0.05) is 109 Å². The van der Waals surface area contributed by atoms with Crippen molar-refractivity contribution in [3.8, 4) is 0 Å². The molecule has 0 aliphatic carbocycles. The molecule has 0 radical (unpaired) electrons. The summed E-state index contributed by atoms with van der Waals surface area (Å²) in [4.78, 5) is 114. The minimum absolute atomic E-state index is 0.00444. The van der Waals surface area contributed by atoms with Gasteiger partial charge < -0.3 is 64.5 Å². The Hall–Kier alpha value is -7.24. The Kier molecular flexibility index (Phi) is 23.8. The third kappa shape index (κ3) is 18.3. The number of aromatic nitrogens is 1. The van der Waals surface area contributed by atoms with Crippen molar-refractivity contribution in [3.63, 3.8) is 0 Å². The van der Waals surface area contributed by atoms with Crippen LogP contribution in [-0.4, -0.2) is 130 Å². The van der Waals surface area contributed by atoms with Gasteiger partial charge in [0.1, 0.15) is 42.3 Å². The van der Waals surface area contributed by atoms with Crippen LogP contribution in [0.25, 0.3) is 10.9 Å². The van der Waals surface area contributed by atoms with Crippen molar-refractivity contribution in [2.24, 2.45) is 17.2 Å². The van der Waals surface area contributed by atoms with E-state index in [4.69, 9.17) is 17.2 Å². The fourth-order valence-electron chi connectivity index (χ4n) is 8.25. The number of rotatable bonds is 30. The highest BCUT2D eigenvalue weighted by Crippen LogP contribution is 2.20. The second-order valence-electron chi connectivity index (χ2n) is 18.4.